The van der Waals surface area contributed by atoms with Gasteiger partial charge in [-0.15, -0.1) is 0 Å². The second-order valence-electron chi connectivity index (χ2n) is 7.81. The molecule has 0 bridgehead atoms. The van der Waals surface area contributed by atoms with Crippen LogP contribution in [0.1, 0.15) is 55.8 Å². The van der Waals surface area contributed by atoms with Crippen molar-refractivity contribution in [3.05, 3.63) is 35.7 Å². The number of carbonyl (C=O) groups excluding carboxylic acids is 1. The van der Waals surface area contributed by atoms with Crippen molar-refractivity contribution in [2.75, 3.05) is 18.4 Å². The maximum atomic E-state index is 12.7. The highest BCUT2D eigenvalue weighted by Crippen LogP contribution is 2.29. The first-order valence-electron chi connectivity index (χ1n) is 10.3. The number of hydrogen-bond acceptors (Lipinski definition) is 5. The predicted molar refractivity (Wildman–Crippen MR) is 108 cm³/mol. The van der Waals surface area contributed by atoms with Crippen LogP contribution in [0, 0.1) is 18.3 Å². The number of nitriles is 1. The SMILES string of the molecule is Cc1cc(NC(=O)N2CCC(Oc3ccc(C#N)cn3)C2)nn1C1CCCCC1. The lowest BCUT2D eigenvalue weighted by Crippen LogP contribution is -2.34. The third-order valence-corrected chi connectivity index (χ3v) is 5.66. The maximum Gasteiger partial charge on any atom is 0.323 e. The van der Waals surface area contributed by atoms with Crippen molar-refractivity contribution >= 4 is 11.8 Å². The van der Waals surface area contributed by atoms with E-state index in [-0.39, 0.29) is 12.1 Å². The Kier molecular flexibility index (Phi) is 5.65. The molecule has 2 fully saturated rings. The van der Waals surface area contributed by atoms with Crippen LogP contribution in [0.25, 0.3) is 0 Å². The monoisotopic (exact) mass is 394 g/mol. The summed E-state index contributed by atoms with van der Waals surface area (Å²) in [4.78, 5) is 18.5. The minimum atomic E-state index is -0.155. The fourth-order valence-electron chi connectivity index (χ4n) is 4.13. The van der Waals surface area contributed by atoms with E-state index in [1.807, 2.05) is 19.1 Å². The molecule has 1 unspecified atom stereocenters. The van der Waals surface area contributed by atoms with E-state index in [1.165, 1.54) is 25.5 Å². The van der Waals surface area contributed by atoms with E-state index in [2.05, 4.69) is 20.1 Å². The quantitative estimate of drug-likeness (QED) is 0.854. The Morgan fingerprint density at radius 3 is 2.83 bits per heavy atom. The second-order valence-corrected chi connectivity index (χ2v) is 7.81. The Balaban J connectivity index is 1.32. The number of likely N-dealkylation sites (tertiary alicyclic amines) is 1. The minimum absolute atomic E-state index is 0.109. The normalized spacial score (nSPS) is 19.7. The molecule has 152 valence electrons. The molecule has 1 aliphatic carbocycles. The van der Waals surface area contributed by atoms with Gasteiger partial charge in [-0.05, 0) is 25.8 Å². The van der Waals surface area contributed by atoms with Crippen molar-refractivity contribution in [1.82, 2.24) is 19.7 Å². The standard InChI is InChI=1S/C21H26N6O2/c1-15-11-19(25-27(15)17-5-3-2-4-6-17)24-21(28)26-10-9-18(14-26)29-20-8-7-16(12-22)13-23-20/h7-8,11,13,17-18H,2-6,9-10,14H2,1H3,(H,24,25,28). The summed E-state index contributed by atoms with van der Waals surface area (Å²) in [6.07, 6.45) is 8.22. The topological polar surface area (TPSA) is 96.1 Å². The highest BCUT2D eigenvalue weighted by Gasteiger charge is 2.28. The zero-order valence-electron chi connectivity index (χ0n) is 16.7. The summed E-state index contributed by atoms with van der Waals surface area (Å²) in [7, 11) is 0. The van der Waals surface area contributed by atoms with Gasteiger partial charge in [-0.25, -0.2) is 9.78 Å². The Morgan fingerprint density at radius 2 is 2.10 bits per heavy atom. The lowest BCUT2D eigenvalue weighted by molar-refractivity contribution is 0.190. The van der Waals surface area contributed by atoms with Crippen LogP contribution in [-0.2, 0) is 0 Å². The molecular weight excluding hydrogens is 368 g/mol. The van der Waals surface area contributed by atoms with Crippen LogP contribution in [0.2, 0.25) is 0 Å². The summed E-state index contributed by atoms with van der Waals surface area (Å²) >= 11 is 0. The molecule has 1 N–H and O–H groups in total. The number of aryl methyl sites for hydroxylation is 1. The molecule has 1 aliphatic heterocycles. The summed E-state index contributed by atoms with van der Waals surface area (Å²) in [6, 6.07) is 7.62. The number of amides is 2. The van der Waals surface area contributed by atoms with Crippen LogP contribution < -0.4 is 10.1 Å². The predicted octanol–water partition coefficient (Wildman–Crippen LogP) is 3.65. The highest BCUT2D eigenvalue weighted by molar-refractivity contribution is 5.88. The lowest BCUT2D eigenvalue weighted by Gasteiger charge is -2.23. The number of urea groups is 1. The van der Waals surface area contributed by atoms with Crippen LogP contribution in [0.5, 0.6) is 5.88 Å². The molecule has 1 saturated heterocycles. The Labute approximate surface area is 170 Å². The number of rotatable bonds is 4. The van der Waals surface area contributed by atoms with Gasteiger partial charge in [0.2, 0.25) is 5.88 Å². The number of nitrogens with one attached hydrogen (secondary N) is 1. The fourth-order valence-corrected chi connectivity index (χ4v) is 4.13. The van der Waals surface area contributed by atoms with Gasteiger partial charge < -0.3 is 9.64 Å². The third-order valence-electron chi connectivity index (χ3n) is 5.66. The van der Waals surface area contributed by atoms with E-state index in [0.717, 1.165) is 25.0 Å². The zero-order valence-corrected chi connectivity index (χ0v) is 16.7. The molecule has 2 aliphatic rings. The van der Waals surface area contributed by atoms with Gasteiger partial charge in [-0.1, -0.05) is 19.3 Å². The number of carbonyl (C=O) groups is 1. The minimum Gasteiger partial charge on any atom is -0.472 e. The Bertz CT molecular complexity index is 895. The molecule has 2 aromatic rings. The molecule has 2 amide bonds. The third kappa shape index (κ3) is 4.50. The van der Waals surface area contributed by atoms with Gasteiger partial charge in [-0.2, -0.15) is 10.4 Å². The largest absolute Gasteiger partial charge is 0.472 e. The van der Waals surface area contributed by atoms with E-state index >= 15 is 0 Å². The summed E-state index contributed by atoms with van der Waals surface area (Å²) in [5.41, 5.74) is 1.58. The lowest BCUT2D eigenvalue weighted by atomic mass is 9.95. The molecule has 3 heterocycles. The number of hydrogen-bond donors (Lipinski definition) is 1. The van der Waals surface area contributed by atoms with Gasteiger partial charge in [-0.3, -0.25) is 10.00 Å². The zero-order chi connectivity index (χ0) is 20.2. The van der Waals surface area contributed by atoms with E-state index < -0.39 is 0 Å². The summed E-state index contributed by atoms with van der Waals surface area (Å²) in [5.74, 6) is 1.08. The molecule has 0 radical (unpaired) electrons. The Hall–Kier alpha value is -3.08. The van der Waals surface area contributed by atoms with Gasteiger partial charge in [0.15, 0.2) is 5.82 Å². The first-order chi connectivity index (χ1) is 14.1. The van der Waals surface area contributed by atoms with E-state index in [1.54, 1.807) is 17.0 Å². The van der Waals surface area contributed by atoms with Crippen LogP contribution in [0.15, 0.2) is 24.4 Å². The van der Waals surface area contributed by atoms with Crippen molar-refractivity contribution in [2.45, 2.75) is 57.6 Å². The second kappa shape index (κ2) is 8.52. The maximum absolute atomic E-state index is 12.7. The van der Waals surface area contributed by atoms with Crippen LogP contribution in [0.4, 0.5) is 10.6 Å². The molecule has 4 rings (SSSR count). The number of nitrogens with zero attached hydrogens (tertiary/aromatic N) is 5. The number of aromatic nitrogens is 3. The van der Waals surface area contributed by atoms with Gasteiger partial charge >= 0.3 is 6.03 Å². The van der Waals surface area contributed by atoms with Crippen molar-refractivity contribution in [3.8, 4) is 11.9 Å². The molecular formula is C21H26N6O2. The number of pyridine rings is 1. The van der Waals surface area contributed by atoms with Crippen LogP contribution in [0.3, 0.4) is 0 Å². The average Bonchev–Trinajstić information content (AvgIpc) is 3.36. The first-order valence-corrected chi connectivity index (χ1v) is 10.3. The van der Waals surface area contributed by atoms with Gasteiger partial charge in [0.1, 0.15) is 12.2 Å². The molecule has 1 atom stereocenters. The molecule has 0 spiro atoms. The molecule has 8 heteroatoms. The smallest absolute Gasteiger partial charge is 0.323 e. The van der Waals surface area contributed by atoms with Crippen LogP contribution in [-0.4, -0.2) is 44.9 Å². The van der Waals surface area contributed by atoms with Gasteiger partial charge in [0.25, 0.3) is 0 Å². The van der Waals surface area contributed by atoms with Crippen molar-refractivity contribution in [3.63, 3.8) is 0 Å². The average molecular weight is 394 g/mol. The van der Waals surface area contributed by atoms with Gasteiger partial charge in [0.05, 0.1) is 18.2 Å². The van der Waals surface area contributed by atoms with Crippen LogP contribution >= 0.6 is 0 Å². The van der Waals surface area contributed by atoms with E-state index in [4.69, 9.17) is 10.00 Å². The summed E-state index contributed by atoms with van der Waals surface area (Å²) in [5, 5.41) is 16.4. The fraction of sp³-hybridized carbons (Fsp3) is 0.524. The first kappa shape index (κ1) is 19.2. The molecule has 0 aromatic carbocycles. The van der Waals surface area contributed by atoms with E-state index in [9.17, 15) is 4.79 Å². The summed E-state index contributed by atoms with van der Waals surface area (Å²) < 4.78 is 7.92. The van der Waals surface area contributed by atoms with Crippen molar-refractivity contribution < 1.29 is 9.53 Å². The molecule has 1 saturated carbocycles. The number of anilines is 1. The van der Waals surface area contributed by atoms with Gasteiger partial charge in [0, 0.05) is 37.0 Å². The van der Waals surface area contributed by atoms with E-state index in [0.29, 0.717) is 36.4 Å². The van der Waals surface area contributed by atoms with Crippen molar-refractivity contribution in [1.29, 1.82) is 5.26 Å². The highest BCUT2D eigenvalue weighted by atomic mass is 16.5. The summed E-state index contributed by atoms with van der Waals surface area (Å²) in [6.45, 7) is 3.16. The van der Waals surface area contributed by atoms with Crippen molar-refractivity contribution in [2.24, 2.45) is 0 Å². The molecule has 29 heavy (non-hydrogen) atoms. The Morgan fingerprint density at radius 1 is 1.28 bits per heavy atom. The molecule has 8 nitrogen and oxygen atoms in total. The molecule has 2 aromatic heterocycles. The number of ether oxygens (including phenoxy) is 1.